The highest BCUT2D eigenvalue weighted by atomic mass is 16.5. The Morgan fingerprint density at radius 2 is 1.71 bits per heavy atom. The van der Waals surface area contributed by atoms with Crippen LogP contribution in [0.25, 0.3) is 0 Å². The molecule has 0 aromatic heterocycles. The lowest BCUT2D eigenvalue weighted by molar-refractivity contribution is -0.138. The van der Waals surface area contributed by atoms with Gasteiger partial charge in [-0.3, -0.25) is 4.79 Å². The summed E-state index contributed by atoms with van der Waals surface area (Å²) in [6.07, 6.45) is 2.16. The van der Waals surface area contributed by atoms with Crippen molar-refractivity contribution < 1.29 is 25.0 Å². The van der Waals surface area contributed by atoms with Crippen LogP contribution in [0.15, 0.2) is 0 Å². The van der Waals surface area contributed by atoms with E-state index < -0.39 is 19.3 Å². The zero-order valence-electron chi connectivity index (χ0n) is 7.83. The van der Waals surface area contributed by atoms with Gasteiger partial charge in [0.25, 0.3) is 0 Å². The van der Waals surface area contributed by atoms with Gasteiger partial charge >= 0.3 is 13.3 Å². The Morgan fingerprint density at radius 1 is 1.29 bits per heavy atom. The van der Waals surface area contributed by atoms with Crippen LogP contribution in [0, 0.1) is 0 Å². The second-order valence-corrected chi connectivity index (χ2v) is 2.58. The summed E-state index contributed by atoms with van der Waals surface area (Å²) in [6.45, 7) is 0.604. The van der Waals surface area contributed by atoms with E-state index in [0.29, 0.717) is 13.0 Å². The second-order valence-electron chi connectivity index (χ2n) is 2.58. The molecular weight excluding hydrogens is 191 g/mol. The zero-order chi connectivity index (χ0) is 11.6. The lowest BCUT2D eigenvalue weighted by Crippen LogP contribution is -2.29. The molecule has 0 bridgehead atoms. The van der Waals surface area contributed by atoms with E-state index in [1.165, 1.54) is 0 Å². The minimum atomic E-state index is -2.17. The predicted octanol–water partition coefficient (Wildman–Crippen LogP) is -2.52. The minimum Gasteiger partial charge on any atom is -0.480 e. The summed E-state index contributed by atoms with van der Waals surface area (Å²) < 4.78 is 0. The van der Waals surface area contributed by atoms with E-state index in [4.69, 9.17) is 31.6 Å². The lowest BCUT2D eigenvalue weighted by Gasteiger charge is -2.03. The summed E-state index contributed by atoms with van der Waals surface area (Å²) in [4.78, 5) is 10.1. The average Bonchev–Trinajstić information content (AvgIpc) is 2.03. The first-order valence-electron chi connectivity index (χ1n) is 4.14. The van der Waals surface area contributed by atoms with Crippen molar-refractivity contribution in [1.29, 1.82) is 0 Å². The Labute approximate surface area is 82.5 Å². The molecule has 84 valence electrons. The van der Waals surface area contributed by atoms with Gasteiger partial charge < -0.3 is 31.6 Å². The molecule has 14 heavy (non-hydrogen) atoms. The minimum absolute atomic E-state index is 0.520. The normalized spacial score (nSPS) is 11.2. The Morgan fingerprint density at radius 3 is 2.00 bits per heavy atom. The molecule has 0 radical (unpaired) electrons. The Balaban J connectivity index is 0. The molecule has 8 heteroatoms. The van der Waals surface area contributed by atoms with Crippen LogP contribution >= 0.6 is 0 Å². The lowest BCUT2D eigenvalue weighted by atomic mass is 10.1. The van der Waals surface area contributed by atoms with Crippen molar-refractivity contribution >= 4 is 13.3 Å². The molecule has 0 amide bonds. The average molecular weight is 208 g/mol. The highest BCUT2D eigenvalue weighted by molar-refractivity contribution is 6.30. The van der Waals surface area contributed by atoms with Crippen molar-refractivity contribution in [2.24, 2.45) is 11.5 Å². The van der Waals surface area contributed by atoms with Gasteiger partial charge in [-0.2, -0.15) is 0 Å². The summed E-state index contributed by atoms with van der Waals surface area (Å²) in [5, 5.41) is 29.8. The topological polar surface area (TPSA) is 150 Å². The SMILES string of the molecule is NCCCC[C@H](N)C(=O)O.OB(O)O. The number of carboxylic acids is 1. The van der Waals surface area contributed by atoms with Gasteiger partial charge in [-0.15, -0.1) is 0 Å². The van der Waals surface area contributed by atoms with Crippen molar-refractivity contribution in [2.45, 2.75) is 25.3 Å². The molecule has 0 saturated carbocycles. The highest BCUT2D eigenvalue weighted by Gasteiger charge is 2.09. The van der Waals surface area contributed by atoms with E-state index in [0.717, 1.165) is 12.8 Å². The smallest absolute Gasteiger partial charge is 0.480 e. The van der Waals surface area contributed by atoms with E-state index in [9.17, 15) is 4.79 Å². The maximum atomic E-state index is 10.1. The highest BCUT2D eigenvalue weighted by Crippen LogP contribution is 1.96. The summed E-state index contributed by atoms with van der Waals surface area (Å²) in [7, 11) is -2.17. The first-order valence-corrected chi connectivity index (χ1v) is 4.14. The molecule has 0 aromatic rings. The molecule has 0 spiro atoms. The van der Waals surface area contributed by atoms with E-state index in [-0.39, 0.29) is 0 Å². The van der Waals surface area contributed by atoms with Gasteiger partial charge in [-0.25, -0.2) is 0 Å². The first kappa shape index (κ1) is 15.8. The molecule has 0 aromatic carbocycles. The van der Waals surface area contributed by atoms with Gasteiger partial charge in [0.15, 0.2) is 0 Å². The van der Waals surface area contributed by atoms with Crippen LogP contribution in [-0.2, 0) is 4.79 Å². The number of aliphatic carboxylic acids is 1. The fourth-order valence-electron chi connectivity index (χ4n) is 0.632. The van der Waals surface area contributed by atoms with Crippen molar-refractivity contribution in [2.75, 3.05) is 6.54 Å². The molecule has 8 N–H and O–H groups in total. The van der Waals surface area contributed by atoms with Crippen LogP contribution in [0.1, 0.15) is 19.3 Å². The van der Waals surface area contributed by atoms with Crippen molar-refractivity contribution in [1.82, 2.24) is 0 Å². The van der Waals surface area contributed by atoms with E-state index in [1.807, 2.05) is 0 Å². The molecule has 1 atom stereocenters. The predicted molar refractivity (Wildman–Crippen MR) is 50.9 cm³/mol. The third kappa shape index (κ3) is 17.4. The van der Waals surface area contributed by atoms with Gasteiger partial charge in [-0.1, -0.05) is 6.42 Å². The first-order chi connectivity index (χ1) is 6.41. The van der Waals surface area contributed by atoms with Crippen molar-refractivity contribution in [3.63, 3.8) is 0 Å². The number of nitrogens with two attached hydrogens (primary N) is 2. The molecule has 0 fully saturated rings. The number of carboxylic acid groups (broad SMARTS) is 1. The zero-order valence-corrected chi connectivity index (χ0v) is 7.83. The number of hydrogen-bond acceptors (Lipinski definition) is 6. The number of rotatable bonds is 5. The van der Waals surface area contributed by atoms with Gasteiger partial charge in [0.05, 0.1) is 0 Å². The fraction of sp³-hybridized carbons (Fsp3) is 0.833. The monoisotopic (exact) mass is 208 g/mol. The standard InChI is InChI=1S/C6H14N2O2.BH3O3/c7-4-2-1-3-5(8)6(9)10;2-1(3)4/h5H,1-4,7-8H2,(H,9,10);2-4H/t5-;/m0./s1. The van der Waals surface area contributed by atoms with Gasteiger partial charge in [0.2, 0.25) is 0 Å². The van der Waals surface area contributed by atoms with E-state index >= 15 is 0 Å². The van der Waals surface area contributed by atoms with E-state index in [2.05, 4.69) is 0 Å². The summed E-state index contributed by atoms with van der Waals surface area (Å²) in [5.74, 6) is -0.933. The van der Waals surface area contributed by atoms with Crippen LogP contribution in [0.4, 0.5) is 0 Å². The van der Waals surface area contributed by atoms with Gasteiger partial charge in [0, 0.05) is 0 Å². The Bertz CT molecular complexity index is 143. The molecule has 0 unspecified atom stereocenters. The third-order valence-corrected chi connectivity index (χ3v) is 1.29. The quantitative estimate of drug-likeness (QED) is 0.215. The van der Waals surface area contributed by atoms with Gasteiger partial charge in [-0.05, 0) is 19.4 Å². The van der Waals surface area contributed by atoms with Crippen LogP contribution in [-0.4, -0.2) is 46.1 Å². The molecule has 7 nitrogen and oxygen atoms in total. The molecule has 0 aliphatic rings. The largest absolute Gasteiger partial charge is 0.631 e. The number of carbonyl (C=O) groups is 1. The fourth-order valence-corrected chi connectivity index (χ4v) is 0.632. The Kier molecular flexibility index (Phi) is 11.7. The molecular formula is C6H17BN2O5. The van der Waals surface area contributed by atoms with Crippen molar-refractivity contribution in [3.8, 4) is 0 Å². The summed E-state index contributed by atoms with van der Waals surface area (Å²) >= 11 is 0. The van der Waals surface area contributed by atoms with Crippen LogP contribution in [0.2, 0.25) is 0 Å². The van der Waals surface area contributed by atoms with Crippen molar-refractivity contribution in [3.05, 3.63) is 0 Å². The summed E-state index contributed by atoms with van der Waals surface area (Å²) in [5.41, 5.74) is 10.4. The number of hydrogen-bond donors (Lipinski definition) is 6. The van der Waals surface area contributed by atoms with Gasteiger partial charge in [0.1, 0.15) is 6.04 Å². The van der Waals surface area contributed by atoms with Crippen LogP contribution in [0.3, 0.4) is 0 Å². The molecule has 0 aliphatic carbocycles. The number of unbranched alkanes of at least 4 members (excludes halogenated alkanes) is 1. The molecule has 0 heterocycles. The van der Waals surface area contributed by atoms with Crippen LogP contribution < -0.4 is 11.5 Å². The molecule has 0 aliphatic heterocycles. The maximum absolute atomic E-state index is 10.1. The molecule has 0 rings (SSSR count). The molecule has 0 saturated heterocycles. The van der Waals surface area contributed by atoms with Crippen LogP contribution in [0.5, 0.6) is 0 Å². The van der Waals surface area contributed by atoms with E-state index in [1.54, 1.807) is 0 Å². The summed E-state index contributed by atoms with van der Waals surface area (Å²) in [6, 6.07) is -0.716. The maximum Gasteiger partial charge on any atom is 0.631 e. The second kappa shape index (κ2) is 10.4. The Hall–Kier alpha value is -0.665. The third-order valence-electron chi connectivity index (χ3n) is 1.29.